The molecule has 1 rings (SSSR count). The van der Waals surface area contributed by atoms with Crippen LogP contribution in [0.3, 0.4) is 0 Å². The summed E-state index contributed by atoms with van der Waals surface area (Å²) < 4.78 is 18.0. The molecule has 0 aromatic carbocycles. The summed E-state index contributed by atoms with van der Waals surface area (Å²) in [6.45, 7) is 4.44. The monoisotopic (exact) mass is 189 g/mol. The van der Waals surface area contributed by atoms with Gasteiger partial charge in [0.1, 0.15) is 6.17 Å². The standard InChI is InChI=1S/C10H20FNO/c1-2-13-8-7-12-10-5-3-9(11)4-6-10/h9-10,12H,2-8H2,1H3. The molecule has 2 nitrogen and oxygen atoms in total. The summed E-state index contributed by atoms with van der Waals surface area (Å²) in [6.07, 6.45) is 2.86. The van der Waals surface area contributed by atoms with Crippen molar-refractivity contribution in [1.82, 2.24) is 5.32 Å². The van der Waals surface area contributed by atoms with E-state index in [-0.39, 0.29) is 0 Å². The number of hydrogen-bond acceptors (Lipinski definition) is 2. The Bertz CT molecular complexity index is 124. The average Bonchev–Trinajstić information content (AvgIpc) is 2.15. The molecule has 0 unspecified atom stereocenters. The third kappa shape index (κ3) is 4.58. The van der Waals surface area contributed by atoms with E-state index in [1.807, 2.05) is 6.92 Å². The van der Waals surface area contributed by atoms with Crippen molar-refractivity contribution in [3.63, 3.8) is 0 Å². The van der Waals surface area contributed by atoms with Gasteiger partial charge >= 0.3 is 0 Å². The molecule has 0 saturated heterocycles. The molecule has 0 atom stereocenters. The third-order valence-electron chi connectivity index (χ3n) is 2.54. The third-order valence-corrected chi connectivity index (χ3v) is 2.54. The Hall–Kier alpha value is -0.150. The fourth-order valence-corrected chi connectivity index (χ4v) is 1.74. The molecule has 1 saturated carbocycles. The predicted molar refractivity (Wildman–Crippen MR) is 51.6 cm³/mol. The van der Waals surface area contributed by atoms with Crippen LogP contribution in [0, 0.1) is 0 Å². The largest absolute Gasteiger partial charge is 0.380 e. The molecular weight excluding hydrogens is 169 g/mol. The average molecular weight is 189 g/mol. The Kier molecular flexibility index (Phi) is 5.32. The van der Waals surface area contributed by atoms with Crippen molar-refractivity contribution >= 4 is 0 Å². The SMILES string of the molecule is CCOCCNC1CCC(F)CC1. The van der Waals surface area contributed by atoms with Crippen LogP contribution in [0.4, 0.5) is 4.39 Å². The molecule has 0 radical (unpaired) electrons. The van der Waals surface area contributed by atoms with Crippen LogP contribution in [-0.2, 0) is 4.74 Å². The van der Waals surface area contributed by atoms with Gasteiger partial charge in [-0.15, -0.1) is 0 Å². The molecule has 0 heterocycles. The molecular formula is C10H20FNO. The molecule has 0 aromatic heterocycles. The van der Waals surface area contributed by atoms with E-state index in [4.69, 9.17) is 4.74 Å². The lowest BCUT2D eigenvalue weighted by Crippen LogP contribution is -2.35. The van der Waals surface area contributed by atoms with Gasteiger partial charge in [-0.3, -0.25) is 0 Å². The first kappa shape index (κ1) is 10.9. The number of nitrogens with one attached hydrogen (secondary N) is 1. The van der Waals surface area contributed by atoms with Gasteiger partial charge in [0, 0.05) is 19.2 Å². The molecule has 1 N–H and O–H groups in total. The molecule has 78 valence electrons. The summed E-state index contributed by atoms with van der Waals surface area (Å²) in [5, 5.41) is 3.39. The lowest BCUT2D eigenvalue weighted by atomic mass is 9.94. The summed E-state index contributed by atoms with van der Waals surface area (Å²) >= 11 is 0. The van der Waals surface area contributed by atoms with Crippen LogP contribution in [0.25, 0.3) is 0 Å². The van der Waals surface area contributed by atoms with Crippen LogP contribution in [0.15, 0.2) is 0 Å². The number of alkyl halides is 1. The molecule has 13 heavy (non-hydrogen) atoms. The molecule has 0 aliphatic heterocycles. The number of rotatable bonds is 5. The van der Waals surface area contributed by atoms with E-state index in [9.17, 15) is 4.39 Å². The van der Waals surface area contributed by atoms with Crippen LogP contribution in [0.2, 0.25) is 0 Å². The maximum Gasteiger partial charge on any atom is 0.100 e. The maximum atomic E-state index is 12.7. The second-order valence-electron chi connectivity index (χ2n) is 3.60. The normalized spacial score (nSPS) is 29.1. The van der Waals surface area contributed by atoms with E-state index in [1.54, 1.807) is 0 Å². The van der Waals surface area contributed by atoms with Crippen molar-refractivity contribution < 1.29 is 9.13 Å². The van der Waals surface area contributed by atoms with Gasteiger partial charge in [0.05, 0.1) is 6.61 Å². The molecule has 0 amide bonds. The highest BCUT2D eigenvalue weighted by molar-refractivity contribution is 4.76. The van der Waals surface area contributed by atoms with E-state index in [0.717, 1.165) is 45.4 Å². The zero-order chi connectivity index (χ0) is 9.52. The zero-order valence-electron chi connectivity index (χ0n) is 8.39. The molecule has 0 aromatic rings. The van der Waals surface area contributed by atoms with Crippen molar-refractivity contribution in [1.29, 1.82) is 0 Å². The topological polar surface area (TPSA) is 21.3 Å². The van der Waals surface area contributed by atoms with Crippen molar-refractivity contribution in [3.8, 4) is 0 Å². The van der Waals surface area contributed by atoms with Crippen LogP contribution in [0.1, 0.15) is 32.6 Å². The van der Waals surface area contributed by atoms with Crippen LogP contribution in [0.5, 0.6) is 0 Å². The van der Waals surface area contributed by atoms with E-state index in [1.165, 1.54) is 0 Å². The van der Waals surface area contributed by atoms with Gasteiger partial charge < -0.3 is 10.1 Å². The number of hydrogen-bond donors (Lipinski definition) is 1. The van der Waals surface area contributed by atoms with Crippen LogP contribution in [-0.4, -0.2) is 32.0 Å². The van der Waals surface area contributed by atoms with Gasteiger partial charge in [-0.25, -0.2) is 4.39 Å². The van der Waals surface area contributed by atoms with Crippen LogP contribution < -0.4 is 5.32 Å². The first-order valence-electron chi connectivity index (χ1n) is 5.28. The lowest BCUT2D eigenvalue weighted by Gasteiger charge is -2.25. The van der Waals surface area contributed by atoms with E-state index >= 15 is 0 Å². The second-order valence-corrected chi connectivity index (χ2v) is 3.60. The van der Waals surface area contributed by atoms with Gasteiger partial charge in [0.2, 0.25) is 0 Å². The lowest BCUT2D eigenvalue weighted by molar-refractivity contribution is 0.141. The molecule has 0 spiro atoms. The highest BCUT2D eigenvalue weighted by Gasteiger charge is 2.19. The second kappa shape index (κ2) is 6.33. The minimum Gasteiger partial charge on any atom is -0.380 e. The van der Waals surface area contributed by atoms with Gasteiger partial charge in [-0.2, -0.15) is 0 Å². The van der Waals surface area contributed by atoms with Gasteiger partial charge in [0.25, 0.3) is 0 Å². The van der Waals surface area contributed by atoms with Crippen LogP contribution >= 0.6 is 0 Å². The minimum atomic E-state index is -0.551. The first-order chi connectivity index (χ1) is 6.33. The smallest absolute Gasteiger partial charge is 0.100 e. The van der Waals surface area contributed by atoms with E-state index in [0.29, 0.717) is 6.04 Å². The first-order valence-corrected chi connectivity index (χ1v) is 5.28. The Morgan fingerprint density at radius 1 is 1.31 bits per heavy atom. The Morgan fingerprint density at radius 3 is 2.62 bits per heavy atom. The summed E-state index contributed by atoms with van der Waals surface area (Å²) in [6, 6.07) is 0.521. The summed E-state index contributed by atoms with van der Waals surface area (Å²) in [4.78, 5) is 0. The van der Waals surface area contributed by atoms with Gasteiger partial charge in [-0.05, 0) is 32.6 Å². The van der Waals surface area contributed by atoms with Gasteiger partial charge in [-0.1, -0.05) is 0 Å². The molecule has 3 heteroatoms. The highest BCUT2D eigenvalue weighted by Crippen LogP contribution is 2.20. The summed E-state index contributed by atoms with van der Waals surface area (Å²) in [5.74, 6) is 0. The quantitative estimate of drug-likeness (QED) is 0.667. The van der Waals surface area contributed by atoms with E-state index < -0.39 is 6.17 Å². The van der Waals surface area contributed by atoms with Crippen molar-refractivity contribution in [2.45, 2.75) is 44.8 Å². The maximum absolute atomic E-state index is 12.7. The number of halogens is 1. The Labute approximate surface area is 79.8 Å². The predicted octanol–water partition coefficient (Wildman–Crippen LogP) is 1.89. The Morgan fingerprint density at radius 2 is 2.00 bits per heavy atom. The van der Waals surface area contributed by atoms with Crippen molar-refractivity contribution in [2.24, 2.45) is 0 Å². The fourth-order valence-electron chi connectivity index (χ4n) is 1.74. The zero-order valence-corrected chi connectivity index (χ0v) is 8.39. The Balaban J connectivity index is 1.96. The fraction of sp³-hybridized carbons (Fsp3) is 1.00. The van der Waals surface area contributed by atoms with Gasteiger partial charge in [0.15, 0.2) is 0 Å². The molecule has 0 bridgehead atoms. The molecule has 1 aliphatic carbocycles. The number of ether oxygens (including phenoxy) is 1. The highest BCUT2D eigenvalue weighted by atomic mass is 19.1. The molecule has 1 aliphatic rings. The minimum absolute atomic E-state index is 0.521. The van der Waals surface area contributed by atoms with E-state index in [2.05, 4.69) is 5.32 Å². The summed E-state index contributed by atoms with van der Waals surface area (Å²) in [5.41, 5.74) is 0. The van der Waals surface area contributed by atoms with Crippen molar-refractivity contribution in [2.75, 3.05) is 19.8 Å². The molecule has 1 fully saturated rings. The summed E-state index contributed by atoms with van der Waals surface area (Å²) in [7, 11) is 0. The van der Waals surface area contributed by atoms with Crippen molar-refractivity contribution in [3.05, 3.63) is 0 Å².